The highest BCUT2D eigenvalue weighted by molar-refractivity contribution is 6.76. The number of aromatic nitrogens is 3. The fraction of sp³-hybridized carbons (Fsp3) is 0.316. The fourth-order valence-corrected chi connectivity index (χ4v) is 3.67. The number of carboxylic acids is 1. The number of ether oxygens (including phenoxy) is 1. The summed E-state index contributed by atoms with van der Waals surface area (Å²) in [7, 11) is -1.24. The molecule has 1 N–H and O–H groups in total. The molecule has 10 heteroatoms. The normalized spacial score (nSPS) is 11.7. The number of nitro benzene ring substituents is 1. The smallest absolute Gasteiger partial charge is 0.338 e. The number of nitrogens with zero attached hydrogens (tertiary/aromatic N) is 4. The summed E-state index contributed by atoms with van der Waals surface area (Å²) < 4.78 is 7.38. The first kappa shape index (κ1) is 20.6. The highest BCUT2D eigenvalue weighted by Gasteiger charge is 2.21. The van der Waals surface area contributed by atoms with Crippen LogP contribution in [0.5, 0.6) is 0 Å². The van der Waals surface area contributed by atoms with E-state index in [1.54, 1.807) is 16.7 Å². The first-order valence-electron chi connectivity index (χ1n) is 9.07. The van der Waals surface area contributed by atoms with Crippen LogP contribution in [0.2, 0.25) is 25.7 Å². The van der Waals surface area contributed by atoms with Gasteiger partial charge < -0.3 is 14.4 Å². The monoisotopic (exact) mass is 414 g/mol. The summed E-state index contributed by atoms with van der Waals surface area (Å²) in [5.74, 6) is -1.13. The predicted molar refractivity (Wildman–Crippen MR) is 111 cm³/mol. The van der Waals surface area contributed by atoms with Crippen molar-refractivity contribution in [2.45, 2.75) is 32.4 Å². The maximum Gasteiger partial charge on any atom is 0.338 e. The number of hydrogen-bond acceptors (Lipinski definition) is 6. The second-order valence-corrected chi connectivity index (χ2v) is 13.5. The Labute approximate surface area is 168 Å². The van der Waals surface area contributed by atoms with Gasteiger partial charge >= 0.3 is 5.97 Å². The molecule has 0 aliphatic rings. The molecule has 0 unspecified atom stereocenters. The molecule has 0 bridgehead atoms. The Morgan fingerprint density at radius 3 is 2.72 bits per heavy atom. The Hall–Kier alpha value is -3.11. The van der Waals surface area contributed by atoms with Crippen LogP contribution in [0.1, 0.15) is 10.4 Å². The Morgan fingerprint density at radius 2 is 2.07 bits per heavy atom. The van der Waals surface area contributed by atoms with E-state index in [0.717, 1.165) is 6.04 Å². The van der Waals surface area contributed by atoms with Crippen molar-refractivity contribution in [3.8, 4) is 11.3 Å². The maximum absolute atomic E-state index is 11.8. The van der Waals surface area contributed by atoms with Crippen molar-refractivity contribution in [3.63, 3.8) is 0 Å². The van der Waals surface area contributed by atoms with Crippen LogP contribution in [0.25, 0.3) is 22.3 Å². The Bertz CT molecular complexity index is 1070. The first-order chi connectivity index (χ1) is 13.7. The van der Waals surface area contributed by atoms with Gasteiger partial charge in [-0.25, -0.2) is 14.8 Å². The van der Waals surface area contributed by atoms with Crippen molar-refractivity contribution >= 4 is 30.8 Å². The van der Waals surface area contributed by atoms with Crippen LogP contribution in [0.3, 0.4) is 0 Å². The second-order valence-electron chi connectivity index (χ2n) is 7.89. The molecule has 0 aliphatic carbocycles. The summed E-state index contributed by atoms with van der Waals surface area (Å²) in [4.78, 5) is 30.9. The molecular formula is C19H22N4O5Si. The summed E-state index contributed by atoms with van der Waals surface area (Å²) in [5, 5.41) is 21.1. The van der Waals surface area contributed by atoms with Crippen molar-refractivity contribution in [1.82, 2.24) is 14.5 Å². The van der Waals surface area contributed by atoms with Gasteiger partial charge in [-0.3, -0.25) is 10.1 Å². The zero-order valence-electron chi connectivity index (χ0n) is 16.5. The van der Waals surface area contributed by atoms with E-state index >= 15 is 0 Å². The molecule has 0 saturated heterocycles. The number of non-ortho nitro benzene ring substituents is 1. The van der Waals surface area contributed by atoms with E-state index in [-0.39, 0.29) is 18.0 Å². The van der Waals surface area contributed by atoms with E-state index in [2.05, 4.69) is 29.6 Å². The van der Waals surface area contributed by atoms with E-state index in [1.807, 2.05) is 0 Å². The van der Waals surface area contributed by atoms with Crippen molar-refractivity contribution in [2.24, 2.45) is 0 Å². The molecule has 0 atom stereocenters. The second kappa shape index (κ2) is 8.09. The average Bonchev–Trinajstić information content (AvgIpc) is 3.04. The van der Waals surface area contributed by atoms with Crippen molar-refractivity contribution in [1.29, 1.82) is 0 Å². The van der Waals surface area contributed by atoms with Gasteiger partial charge in [0.05, 0.1) is 21.6 Å². The minimum atomic E-state index is -1.24. The summed E-state index contributed by atoms with van der Waals surface area (Å²) in [6.45, 7) is 7.51. The van der Waals surface area contributed by atoms with Gasteiger partial charge in [-0.05, 0) is 6.04 Å². The molecule has 1 aromatic carbocycles. The number of nitro groups is 1. The number of fused-ring (bicyclic) bond motifs is 1. The van der Waals surface area contributed by atoms with Gasteiger partial charge in [0.15, 0.2) is 0 Å². The summed E-state index contributed by atoms with van der Waals surface area (Å²) in [5.41, 5.74) is 1.12. The van der Waals surface area contributed by atoms with E-state index < -0.39 is 19.0 Å². The molecular weight excluding hydrogens is 392 g/mol. The lowest BCUT2D eigenvalue weighted by atomic mass is 10.1. The molecule has 3 rings (SSSR count). The number of benzene rings is 1. The van der Waals surface area contributed by atoms with Crippen LogP contribution < -0.4 is 0 Å². The van der Waals surface area contributed by atoms with Gasteiger partial charge in [-0.15, -0.1) is 0 Å². The lowest BCUT2D eigenvalue weighted by molar-refractivity contribution is -0.384. The third-order valence-corrected chi connectivity index (χ3v) is 6.15. The summed E-state index contributed by atoms with van der Waals surface area (Å²) in [6.07, 6.45) is 2.79. The van der Waals surface area contributed by atoms with Crippen LogP contribution in [-0.2, 0) is 11.5 Å². The third-order valence-electron chi connectivity index (χ3n) is 4.44. The summed E-state index contributed by atoms with van der Waals surface area (Å²) in [6, 6.07) is 6.93. The Balaban J connectivity index is 2.03. The van der Waals surface area contributed by atoms with Crippen LogP contribution in [0.15, 0.2) is 36.8 Å². The van der Waals surface area contributed by atoms with Crippen LogP contribution in [-0.4, -0.2) is 45.2 Å². The van der Waals surface area contributed by atoms with Gasteiger partial charge in [-0.2, -0.15) is 0 Å². The number of carboxylic acid groups (broad SMARTS) is 1. The van der Waals surface area contributed by atoms with Gasteiger partial charge in [-0.1, -0.05) is 31.8 Å². The van der Waals surface area contributed by atoms with Gasteiger partial charge in [0.1, 0.15) is 18.7 Å². The van der Waals surface area contributed by atoms with Crippen molar-refractivity contribution in [2.75, 3.05) is 6.61 Å². The molecule has 152 valence electrons. The number of aromatic carboxylic acids is 1. The Morgan fingerprint density at radius 1 is 1.31 bits per heavy atom. The maximum atomic E-state index is 11.8. The highest BCUT2D eigenvalue weighted by Crippen LogP contribution is 2.31. The lowest BCUT2D eigenvalue weighted by Crippen LogP contribution is -2.22. The van der Waals surface area contributed by atoms with Gasteiger partial charge in [0.25, 0.3) is 5.69 Å². The molecule has 2 aromatic heterocycles. The highest BCUT2D eigenvalue weighted by atomic mass is 28.3. The van der Waals surface area contributed by atoms with Crippen LogP contribution in [0, 0.1) is 10.1 Å². The molecule has 29 heavy (non-hydrogen) atoms. The van der Waals surface area contributed by atoms with E-state index in [9.17, 15) is 20.0 Å². The molecule has 9 nitrogen and oxygen atoms in total. The van der Waals surface area contributed by atoms with Gasteiger partial charge in [0.2, 0.25) is 0 Å². The van der Waals surface area contributed by atoms with Gasteiger partial charge in [0, 0.05) is 38.6 Å². The lowest BCUT2D eigenvalue weighted by Gasteiger charge is -2.15. The zero-order valence-corrected chi connectivity index (χ0v) is 17.5. The molecule has 0 aliphatic heterocycles. The molecule has 3 aromatic rings. The predicted octanol–water partition coefficient (Wildman–Crippen LogP) is 4.02. The molecule has 0 spiro atoms. The molecule has 0 saturated carbocycles. The van der Waals surface area contributed by atoms with Crippen LogP contribution in [0.4, 0.5) is 5.69 Å². The number of carbonyl (C=O) groups is 1. The topological polar surface area (TPSA) is 120 Å². The molecule has 2 heterocycles. The molecule has 0 fully saturated rings. The average molecular weight is 414 g/mol. The third kappa shape index (κ3) is 4.66. The standard InChI is InChI=1S/C19H22N4O5Si/c1-29(2,3)8-7-28-12-22-10-15(19(24)25)16-17(20-11-21-18(16)22)13-5-4-6-14(9-13)23(26)27/h4-6,9-11H,7-8,12H2,1-3H3,(H,24,25). The van der Waals surface area contributed by atoms with E-state index in [4.69, 9.17) is 4.74 Å². The number of rotatable bonds is 8. The quantitative estimate of drug-likeness (QED) is 0.256. The number of hydrogen-bond donors (Lipinski definition) is 1. The minimum absolute atomic E-state index is 0.0240. The zero-order chi connectivity index (χ0) is 21.2. The molecule has 0 amide bonds. The Kier molecular flexibility index (Phi) is 5.75. The summed E-state index contributed by atoms with van der Waals surface area (Å²) >= 11 is 0. The minimum Gasteiger partial charge on any atom is -0.478 e. The first-order valence-corrected chi connectivity index (χ1v) is 12.8. The fourth-order valence-electron chi connectivity index (χ4n) is 2.91. The SMILES string of the molecule is C[Si](C)(C)CCOCn1cc(C(=O)O)c2c(-c3cccc([N+](=O)[O-])c3)ncnc21. The van der Waals surface area contributed by atoms with Crippen molar-refractivity contribution < 1.29 is 19.6 Å². The van der Waals surface area contributed by atoms with E-state index in [0.29, 0.717) is 28.9 Å². The molecule has 0 radical (unpaired) electrons. The van der Waals surface area contributed by atoms with Crippen LogP contribution >= 0.6 is 0 Å². The van der Waals surface area contributed by atoms with E-state index in [1.165, 1.54) is 24.7 Å². The van der Waals surface area contributed by atoms with Crippen molar-refractivity contribution in [3.05, 3.63) is 52.5 Å². The largest absolute Gasteiger partial charge is 0.478 e.